The first-order valence-electron chi connectivity index (χ1n) is 14.1. The molecule has 43 heavy (non-hydrogen) atoms. The number of hydroxylamine groups is 2. The number of aliphatic hydroxyl groups is 1. The maximum absolute atomic E-state index is 14.6. The molecule has 226 valence electrons. The van der Waals surface area contributed by atoms with Crippen molar-refractivity contribution in [3.63, 3.8) is 0 Å². The van der Waals surface area contributed by atoms with E-state index >= 15 is 0 Å². The molecule has 2 bridgehead atoms. The lowest BCUT2D eigenvalue weighted by molar-refractivity contribution is -0.230. The molecule has 4 heterocycles. The van der Waals surface area contributed by atoms with Gasteiger partial charge >= 0.3 is 0 Å². The second-order valence-corrected chi connectivity index (χ2v) is 11.6. The molecular weight excluding hydrogens is 562 g/mol. The SMILES string of the molecule is CC1C[C@]2(C[C@@H](O)[C@H](C)N3C[C@H]2n2cc(C(N)=O)c(=O)c(OCc4ccccc4)c2C3=O)ON1Cc1ccc(F)cc1F. The van der Waals surface area contributed by atoms with Crippen LogP contribution in [-0.2, 0) is 18.0 Å². The summed E-state index contributed by atoms with van der Waals surface area (Å²) in [6, 6.07) is 10.8. The Morgan fingerprint density at radius 2 is 1.88 bits per heavy atom. The highest BCUT2D eigenvalue weighted by molar-refractivity contribution is 5.99. The quantitative estimate of drug-likeness (QED) is 0.449. The van der Waals surface area contributed by atoms with Gasteiger partial charge in [0.05, 0.1) is 24.7 Å². The highest BCUT2D eigenvalue weighted by atomic mass is 19.1. The van der Waals surface area contributed by atoms with Crippen molar-refractivity contribution in [3.05, 3.63) is 99.0 Å². The van der Waals surface area contributed by atoms with Crippen molar-refractivity contribution in [2.75, 3.05) is 6.54 Å². The summed E-state index contributed by atoms with van der Waals surface area (Å²) >= 11 is 0. The molecular formula is C31H32F2N4O6. The lowest BCUT2D eigenvalue weighted by atomic mass is 9.83. The molecule has 3 aliphatic heterocycles. The molecule has 2 aromatic carbocycles. The first-order chi connectivity index (χ1) is 20.5. The lowest BCUT2D eigenvalue weighted by Gasteiger charge is -2.42. The fraction of sp³-hybridized carbons (Fsp3) is 0.387. The van der Waals surface area contributed by atoms with Crippen LogP contribution in [0.4, 0.5) is 8.78 Å². The lowest BCUT2D eigenvalue weighted by Crippen LogP contribution is -2.53. The summed E-state index contributed by atoms with van der Waals surface area (Å²) in [7, 11) is 0. The predicted octanol–water partition coefficient (Wildman–Crippen LogP) is 2.92. The number of pyridine rings is 1. The molecule has 0 radical (unpaired) electrons. The van der Waals surface area contributed by atoms with Crippen LogP contribution in [0.1, 0.15) is 64.7 Å². The Balaban J connectivity index is 1.46. The summed E-state index contributed by atoms with van der Waals surface area (Å²) in [6.45, 7) is 3.67. The summed E-state index contributed by atoms with van der Waals surface area (Å²) in [5.41, 5.74) is 4.23. The Morgan fingerprint density at radius 3 is 2.58 bits per heavy atom. The summed E-state index contributed by atoms with van der Waals surface area (Å²) in [5, 5.41) is 12.9. The molecule has 1 aromatic heterocycles. The van der Waals surface area contributed by atoms with Crippen molar-refractivity contribution in [1.29, 1.82) is 0 Å². The zero-order chi connectivity index (χ0) is 30.6. The van der Waals surface area contributed by atoms with E-state index in [1.807, 2.05) is 13.0 Å². The van der Waals surface area contributed by atoms with Crippen molar-refractivity contribution in [2.24, 2.45) is 5.73 Å². The largest absolute Gasteiger partial charge is 0.483 e. The first-order valence-corrected chi connectivity index (χ1v) is 14.1. The molecule has 1 spiro atoms. The van der Waals surface area contributed by atoms with E-state index in [9.17, 15) is 28.3 Å². The van der Waals surface area contributed by atoms with Crippen molar-refractivity contribution < 1.29 is 33.1 Å². The minimum Gasteiger partial charge on any atom is -0.483 e. The van der Waals surface area contributed by atoms with Gasteiger partial charge in [-0.25, -0.2) is 8.78 Å². The number of amides is 2. The predicted molar refractivity (Wildman–Crippen MR) is 150 cm³/mol. The number of primary amides is 1. The van der Waals surface area contributed by atoms with Crippen LogP contribution in [-0.4, -0.2) is 61.8 Å². The monoisotopic (exact) mass is 594 g/mol. The van der Waals surface area contributed by atoms with Crippen molar-refractivity contribution in [2.45, 2.75) is 69.7 Å². The molecule has 12 heteroatoms. The van der Waals surface area contributed by atoms with E-state index in [2.05, 4.69) is 0 Å². The molecule has 10 nitrogen and oxygen atoms in total. The molecule has 0 aliphatic carbocycles. The van der Waals surface area contributed by atoms with Crippen molar-refractivity contribution in [3.8, 4) is 5.75 Å². The summed E-state index contributed by atoms with van der Waals surface area (Å²) in [6.07, 6.45) is 0.738. The van der Waals surface area contributed by atoms with Crippen LogP contribution >= 0.6 is 0 Å². The number of nitrogens with zero attached hydrogens (tertiary/aromatic N) is 3. The fourth-order valence-corrected chi connectivity index (χ4v) is 6.52. The molecule has 2 fully saturated rings. The summed E-state index contributed by atoms with van der Waals surface area (Å²) < 4.78 is 35.6. The molecule has 2 amide bonds. The molecule has 1 unspecified atom stereocenters. The molecule has 2 saturated heterocycles. The van der Waals surface area contributed by atoms with Crippen LogP contribution in [0, 0.1) is 11.6 Å². The van der Waals surface area contributed by atoms with Crippen LogP contribution in [0.15, 0.2) is 59.5 Å². The Morgan fingerprint density at radius 1 is 1.14 bits per heavy atom. The maximum atomic E-state index is 14.6. The van der Waals surface area contributed by atoms with Crippen LogP contribution in [0.25, 0.3) is 0 Å². The van der Waals surface area contributed by atoms with Crippen LogP contribution in [0.5, 0.6) is 5.75 Å². The van der Waals surface area contributed by atoms with E-state index in [0.717, 1.165) is 11.6 Å². The zero-order valence-electron chi connectivity index (χ0n) is 23.7. The maximum Gasteiger partial charge on any atom is 0.274 e. The number of nitrogens with two attached hydrogens (primary N) is 1. The molecule has 0 saturated carbocycles. The number of hydrogen-bond acceptors (Lipinski definition) is 7. The topological polar surface area (TPSA) is 127 Å². The average molecular weight is 595 g/mol. The van der Waals surface area contributed by atoms with E-state index in [4.69, 9.17) is 15.3 Å². The van der Waals surface area contributed by atoms with Crippen LogP contribution < -0.4 is 15.9 Å². The van der Waals surface area contributed by atoms with Gasteiger partial charge in [0.2, 0.25) is 5.43 Å². The third kappa shape index (κ3) is 4.98. The van der Waals surface area contributed by atoms with Gasteiger partial charge in [-0.05, 0) is 31.9 Å². The van der Waals surface area contributed by atoms with Gasteiger partial charge in [-0.15, -0.1) is 0 Å². The molecule has 3 aliphatic rings. The Kier molecular flexibility index (Phi) is 7.31. The molecule has 6 rings (SSSR count). The Labute approximate surface area is 246 Å². The molecule has 5 atom stereocenters. The zero-order valence-corrected chi connectivity index (χ0v) is 23.7. The highest BCUT2D eigenvalue weighted by Gasteiger charge is 2.57. The number of aromatic nitrogens is 1. The first kappa shape index (κ1) is 29.0. The van der Waals surface area contributed by atoms with Gasteiger partial charge in [0.1, 0.15) is 29.4 Å². The fourth-order valence-electron chi connectivity index (χ4n) is 6.52. The Bertz CT molecular complexity index is 1650. The number of ether oxygens (including phenoxy) is 1. The third-order valence-corrected chi connectivity index (χ3v) is 8.84. The second-order valence-electron chi connectivity index (χ2n) is 11.6. The number of aliphatic hydroxyl groups excluding tert-OH is 1. The van der Waals surface area contributed by atoms with Gasteiger partial charge in [-0.3, -0.25) is 19.2 Å². The van der Waals surface area contributed by atoms with E-state index in [1.54, 1.807) is 36.3 Å². The number of carbonyl (C=O) groups is 2. The van der Waals surface area contributed by atoms with Crippen LogP contribution in [0.3, 0.4) is 0 Å². The highest BCUT2D eigenvalue weighted by Crippen LogP contribution is 2.49. The minimum atomic E-state index is -1.13. The number of benzene rings is 2. The molecule has 3 aromatic rings. The second kappa shape index (κ2) is 10.9. The standard InChI is InChI=1S/C31H32F2N4O6/c1-17-11-31(43-37(17)13-20-8-9-21(32)10-23(20)33)12-24(38)18(2)35-15-25(31)36-14-22(29(34)40)27(39)28(26(36)30(35)41)42-16-19-6-4-3-5-7-19/h3-10,14,17-18,24-25,38H,11-13,15-16H2,1-2H3,(H2,34,40)/t17?,18-,24+,25+,31+/m0/s1. The van der Waals surface area contributed by atoms with Gasteiger partial charge < -0.3 is 25.0 Å². The van der Waals surface area contributed by atoms with Crippen molar-refractivity contribution >= 4 is 11.8 Å². The van der Waals surface area contributed by atoms with Gasteiger partial charge in [0, 0.05) is 36.8 Å². The van der Waals surface area contributed by atoms with Gasteiger partial charge in [-0.1, -0.05) is 36.4 Å². The van der Waals surface area contributed by atoms with Gasteiger partial charge in [0.25, 0.3) is 11.8 Å². The number of fused-ring (bicyclic) bond motifs is 5. The smallest absolute Gasteiger partial charge is 0.274 e. The number of halogens is 2. The number of hydrogen-bond donors (Lipinski definition) is 2. The molecule has 3 N–H and O–H groups in total. The third-order valence-electron chi connectivity index (χ3n) is 8.84. The Hall–Kier alpha value is -4.13. The average Bonchev–Trinajstić information content (AvgIpc) is 3.24. The summed E-state index contributed by atoms with van der Waals surface area (Å²) in [5.74, 6) is -3.23. The number of carbonyl (C=O) groups excluding carboxylic acids is 2. The van der Waals surface area contributed by atoms with E-state index < -0.39 is 52.7 Å². The minimum absolute atomic E-state index is 0.00500. The van der Waals surface area contributed by atoms with Crippen LogP contribution in [0.2, 0.25) is 0 Å². The van der Waals surface area contributed by atoms with Crippen molar-refractivity contribution in [1.82, 2.24) is 14.5 Å². The number of rotatable bonds is 6. The van der Waals surface area contributed by atoms with Gasteiger partial charge in [-0.2, -0.15) is 5.06 Å². The van der Waals surface area contributed by atoms with E-state index in [-0.39, 0.29) is 54.7 Å². The summed E-state index contributed by atoms with van der Waals surface area (Å²) in [4.78, 5) is 48.0. The van der Waals surface area contributed by atoms with E-state index in [1.165, 1.54) is 27.8 Å². The van der Waals surface area contributed by atoms with Gasteiger partial charge in [0.15, 0.2) is 11.4 Å². The van der Waals surface area contributed by atoms with E-state index in [0.29, 0.717) is 6.42 Å². The normalized spacial score (nSPS) is 26.8.